The minimum atomic E-state index is -0.290. The third-order valence-electron chi connectivity index (χ3n) is 5.01. The van der Waals surface area contributed by atoms with Gasteiger partial charge in [-0.2, -0.15) is 5.26 Å². The zero-order valence-corrected chi connectivity index (χ0v) is 22.0. The van der Waals surface area contributed by atoms with Crippen molar-refractivity contribution in [3.05, 3.63) is 91.3 Å². The average Bonchev–Trinajstić information content (AvgIpc) is 3.12. The Hall–Kier alpha value is -2.73. The van der Waals surface area contributed by atoms with Crippen molar-refractivity contribution in [3.8, 4) is 17.6 Å². The molecule has 0 aromatic heterocycles. The predicted octanol–water partition coefficient (Wildman–Crippen LogP) is 7.51. The van der Waals surface area contributed by atoms with Crippen LogP contribution in [-0.2, 0) is 11.4 Å². The van der Waals surface area contributed by atoms with Crippen LogP contribution in [0.25, 0.3) is 6.08 Å². The number of benzene rings is 3. The van der Waals surface area contributed by atoms with Crippen LogP contribution in [0.2, 0.25) is 15.1 Å². The number of ether oxygens (including phenoxy) is 2. The molecule has 0 unspecified atom stereocenters. The number of nitriles is 1. The van der Waals surface area contributed by atoms with E-state index in [4.69, 9.17) is 56.5 Å². The van der Waals surface area contributed by atoms with Crippen LogP contribution < -0.4 is 14.4 Å². The number of hydrogen-bond acceptors (Lipinski definition) is 6. The molecule has 3 aromatic carbocycles. The second-order valence-corrected chi connectivity index (χ2v) is 10.1. The number of carbonyl (C=O) groups excluding carboxylic acids is 1. The van der Waals surface area contributed by atoms with Crippen LogP contribution in [0.15, 0.2) is 59.5 Å². The monoisotopic (exact) mass is 560 g/mol. The van der Waals surface area contributed by atoms with Gasteiger partial charge in [-0.1, -0.05) is 77.0 Å². The summed E-state index contributed by atoms with van der Waals surface area (Å²) in [6, 6.07) is 17.5. The second kappa shape index (κ2) is 10.9. The molecule has 0 aliphatic carbocycles. The summed E-state index contributed by atoms with van der Waals surface area (Å²) in [5, 5.41) is 10.3. The van der Waals surface area contributed by atoms with Gasteiger partial charge in [-0.15, -0.1) is 0 Å². The van der Waals surface area contributed by atoms with Crippen LogP contribution in [0.4, 0.5) is 5.69 Å². The van der Waals surface area contributed by atoms with Crippen LogP contribution >= 0.6 is 58.8 Å². The van der Waals surface area contributed by atoms with Gasteiger partial charge in [-0.25, -0.2) is 0 Å². The number of hydrogen-bond donors (Lipinski definition) is 0. The molecular weight excluding hydrogens is 547 g/mol. The fourth-order valence-electron chi connectivity index (χ4n) is 3.33. The largest absolute Gasteiger partial charge is 0.493 e. The quantitative estimate of drug-likeness (QED) is 0.229. The Bertz CT molecular complexity index is 1420. The molecule has 1 aliphatic rings. The molecule has 4 rings (SSSR count). The summed E-state index contributed by atoms with van der Waals surface area (Å²) >= 11 is 25.2. The molecule has 3 aromatic rings. The second-order valence-electron chi connectivity index (χ2n) is 7.21. The Kier molecular flexibility index (Phi) is 7.90. The van der Waals surface area contributed by atoms with Crippen molar-refractivity contribution in [2.75, 3.05) is 12.0 Å². The van der Waals surface area contributed by atoms with Crippen molar-refractivity contribution in [1.29, 1.82) is 5.26 Å². The SMILES string of the molecule is COc1cc(/C=C2/SC(=S)N(c3ccc(Cl)c(Cl)c3)C2=O)cc(Cl)c1OCc1ccccc1C#N. The number of thioether (sulfide) groups is 1. The van der Waals surface area contributed by atoms with Crippen LogP contribution in [0.3, 0.4) is 0 Å². The van der Waals surface area contributed by atoms with Crippen molar-refractivity contribution >= 4 is 80.8 Å². The summed E-state index contributed by atoms with van der Waals surface area (Å²) in [4.78, 5) is 14.9. The van der Waals surface area contributed by atoms with E-state index in [2.05, 4.69) is 6.07 Å². The Balaban J connectivity index is 1.60. The first-order valence-corrected chi connectivity index (χ1v) is 12.4. The summed E-state index contributed by atoms with van der Waals surface area (Å²) in [7, 11) is 1.50. The molecule has 1 aliphatic heterocycles. The van der Waals surface area contributed by atoms with Gasteiger partial charge in [-0.3, -0.25) is 9.69 Å². The fraction of sp³-hybridized carbons (Fsp3) is 0.0800. The summed E-state index contributed by atoms with van der Waals surface area (Å²) < 4.78 is 11.7. The van der Waals surface area contributed by atoms with Gasteiger partial charge in [0, 0.05) is 5.56 Å². The Morgan fingerprint density at radius 3 is 2.57 bits per heavy atom. The normalized spacial score (nSPS) is 14.4. The predicted molar refractivity (Wildman–Crippen MR) is 146 cm³/mol. The topological polar surface area (TPSA) is 62.6 Å². The Morgan fingerprint density at radius 2 is 1.86 bits per heavy atom. The number of anilines is 1. The molecule has 0 saturated carbocycles. The number of halogens is 3. The maximum atomic E-state index is 13.1. The minimum absolute atomic E-state index is 0.140. The van der Waals surface area contributed by atoms with Gasteiger partial charge in [-0.05, 0) is 48.0 Å². The molecule has 1 amide bonds. The lowest BCUT2D eigenvalue weighted by Gasteiger charge is -2.15. The Morgan fingerprint density at radius 1 is 1.09 bits per heavy atom. The van der Waals surface area contributed by atoms with E-state index in [-0.39, 0.29) is 12.5 Å². The van der Waals surface area contributed by atoms with Crippen LogP contribution in [0.5, 0.6) is 11.5 Å². The van der Waals surface area contributed by atoms with E-state index in [1.165, 1.54) is 12.0 Å². The molecule has 5 nitrogen and oxygen atoms in total. The van der Waals surface area contributed by atoms with Gasteiger partial charge in [0.1, 0.15) is 6.61 Å². The average molecular weight is 562 g/mol. The summed E-state index contributed by atoms with van der Waals surface area (Å²) in [6.07, 6.45) is 1.68. The molecule has 0 bridgehead atoms. The van der Waals surface area contributed by atoms with Gasteiger partial charge in [0.25, 0.3) is 5.91 Å². The van der Waals surface area contributed by atoms with Crippen LogP contribution in [-0.4, -0.2) is 17.3 Å². The smallest absolute Gasteiger partial charge is 0.270 e. The standard InChI is InChI=1S/C25H15Cl3N2O3S2/c1-32-21-9-14(8-20(28)23(21)33-13-16-5-3-2-4-15(16)12-29)10-22-24(31)30(25(34)35-22)17-6-7-18(26)19(27)11-17/h2-11H,13H2,1H3/b22-10+. The molecule has 0 spiro atoms. The third-order valence-corrected chi connectivity index (χ3v) is 7.34. The van der Waals surface area contributed by atoms with E-state index >= 15 is 0 Å². The highest BCUT2D eigenvalue weighted by Crippen LogP contribution is 2.41. The molecule has 1 fully saturated rings. The summed E-state index contributed by atoms with van der Waals surface area (Å²) in [5.41, 5.74) is 2.40. The lowest BCUT2D eigenvalue weighted by molar-refractivity contribution is -0.113. The molecule has 10 heteroatoms. The molecule has 0 radical (unpaired) electrons. The highest BCUT2D eigenvalue weighted by atomic mass is 35.5. The number of carbonyl (C=O) groups is 1. The van der Waals surface area contributed by atoms with Crippen LogP contribution in [0, 0.1) is 11.3 Å². The van der Waals surface area contributed by atoms with Gasteiger partial charge in [0.05, 0.1) is 44.4 Å². The van der Waals surface area contributed by atoms with Gasteiger partial charge >= 0.3 is 0 Å². The lowest BCUT2D eigenvalue weighted by atomic mass is 10.1. The van der Waals surface area contributed by atoms with Gasteiger partial charge < -0.3 is 9.47 Å². The lowest BCUT2D eigenvalue weighted by Crippen LogP contribution is -2.27. The van der Waals surface area contributed by atoms with Crippen molar-refractivity contribution in [2.45, 2.75) is 6.61 Å². The van der Waals surface area contributed by atoms with E-state index in [1.54, 1.807) is 48.5 Å². The molecule has 0 atom stereocenters. The minimum Gasteiger partial charge on any atom is -0.493 e. The highest BCUT2D eigenvalue weighted by Gasteiger charge is 2.33. The van der Waals surface area contributed by atoms with E-state index in [9.17, 15) is 10.1 Å². The summed E-state index contributed by atoms with van der Waals surface area (Å²) in [5.74, 6) is 0.433. The first-order valence-electron chi connectivity index (χ1n) is 10.0. The molecule has 1 saturated heterocycles. The number of methoxy groups -OCH3 is 1. The van der Waals surface area contributed by atoms with Crippen LogP contribution in [0.1, 0.15) is 16.7 Å². The van der Waals surface area contributed by atoms with Crippen molar-refractivity contribution in [3.63, 3.8) is 0 Å². The van der Waals surface area contributed by atoms with E-state index in [0.717, 1.165) is 17.3 Å². The van der Waals surface area contributed by atoms with Gasteiger partial charge in [0.15, 0.2) is 15.8 Å². The molecular formula is C25H15Cl3N2O3S2. The van der Waals surface area contributed by atoms with E-state index in [1.807, 2.05) is 12.1 Å². The number of rotatable bonds is 6. The zero-order valence-electron chi connectivity index (χ0n) is 18.1. The van der Waals surface area contributed by atoms with Crippen molar-refractivity contribution < 1.29 is 14.3 Å². The molecule has 35 heavy (non-hydrogen) atoms. The number of nitrogens with zero attached hydrogens (tertiary/aromatic N) is 2. The maximum Gasteiger partial charge on any atom is 0.270 e. The van der Waals surface area contributed by atoms with Crippen molar-refractivity contribution in [1.82, 2.24) is 0 Å². The first-order chi connectivity index (χ1) is 16.8. The molecule has 176 valence electrons. The van der Waals surface area contributed by atoms with Crippen molar-refractivity contribution in [2.24, 2.45) is 0 Å². The maximum absolute atomic E-state index is 13.1. The number of amides is 1. The molecule has 1 heterocycles. The summed E-state index contributed by atoms with van der Waals surface area (Å²) in [6.45, 7) is 0.140. The Labute approximate surface area is 226 Å². The molecule has 0 N–H and O–H groups in total. The van der Waals surface area contributed by atoms with Gasteiger partial charge in [0.2, 0.25) is 0 Å². The zero-order chi connectivity index (χ0) is 25.1. The fourth-order valence-corrected chi connectivity index (χ4v) is 5.20. The number of thiocarbonyl (C=S) groups is 1. The first kappa shape index (κ1) is 25.4. The highest BCUT2D eigenvalue weighted by molar-refractivity contribution is 8.27. The van der Waals surface area contributed by atoms with E-state index in [0.29, 0.717) is 52.6 Å². The third kappa shape index (κ3) is 5.43. The van der Waals surface area contributed by atoms with E-state index < -0.39 is 0 Å².